The number of anilines is 1. The smallest absolute Gasteiger partial charge is 0.271 e. The minimum atomic E-state index is -0.675. The molecule has 0 amide bonds. The molecule has 1 aromatic carbocycles. The number of hydrogen-bond acceptors (Lipinski definition) is 5. The molecule has 0 spiro atoms. The Bertz CT molecular complexity index is 386. The molecule has 0 aliphatic carbocycles. The maximum absolute atomic E-state index is 10.4. The first kappa shape index (κ1) is 12.7. The highest BCUT2D eigenvalue weighted by molar-refractivity contribution is 6.33. The van der Waals surface area contributed by atoms with E-state index in [-0.39, 0.29) is 23.8 Å². The van der Waals surface area contributed by atoms with Gasteiger partial charge in [0.1, 0.15) is 0 Å². The molecule has 0 bridgehead atoms. The van der Waals surface area contributed by atoms with E-state index in [1.807, 2.05) is 0 Å². The molecule has 0 saturated carbocycles. The van der Waals surface area contributed by atoms with Crippen LogP contribution < -0.4 is 11.1 Å². The predicted octanol–water partition coefficient (Wildman–Crippen LogP) is 0.980. The molecule has 4 N–H and O–H groups in total. The molecule has 0 saturated heterocycles. The van der Waals surface area contributed by atoms with Gasteiger partial charge in [0.15, 0.2) is 0 Å². The summed E-state index contributed by atoms with van der Waals surface area (Å²) >= 11 is 5.82. The Morgan fingerprint density at radius 3 is 2.81 bits per heavy atom. The van der Waals surface area contributed by atoms with Gasteiger partial charge in [-0.15, -0.1) is 0 Å². The summed E-state index contributed by atoms with van der Waals surface area (Å²) in [6.45, 7) is 0.381. The van der Waals surface area contributed by atoms with Crippen LogP contribution in [0.1, 0.15) is 0 Å². The largest absolute Gasteiger partial charge is 0.390 e. The number of rotatable bonds is 5. The second-order valence-electron chi connectivity index (χ2n) is 3.19. The zero-order valence-corrected chi connectivity index (χ0v) is 9.15. The van der Waals surface area contributed by atoms with Crippen molar-refractivity contribution < 1.29 is 10.0 Å². The molecular weight excluding hydrogens is 234 g/mol. The van der Waals surface area contributed by atoms with Crippen molar-refractivity contribution in [1.82, 2.24) is 0 Å². The van der Waals surface area contributed by atoms with Gasteiger partial charge >= 0.3 is 0 Å². The van der Waals surface area contributed by atoms with Gasteiger partial charge in [-0.25, -0.2) is 0 Å². The van der Waals surface area contributed by atoms with Crippen molar-refractivity contribution in [2.45, 2.75) is 6.10 Å². The van der Waals surface area contributed by atoms with E-state index < -0.39 is 11.0 Å². The van der Waals surface area contributed by atoms with Crippen molar-refractivity contribution in [3.8, 4) is 0 Å². The van der Waals surface area contributed by atoms with E-state index in [2.05, 4.69) is 5.32 Å². The lowest BCUT2D eigenvalue weighted by Crippen LogP contribution is -2.27. The number of non-ortho nitro benzene ring substituents is 1. The minimum absolute atomic E-state index is 0.0741. The van der Waals surface area contributed by atoms with Gasteiger partial charge in [0.25, 0.3) is 5.69 Å². The summed E-state index contributed by atoms with van der Waals surface area (Å²) in [5.74, 6) is 0. The quantitative estimate of drug-likeness (QED) is 0.530. The summed E-state index contributed by atoms with van der Waals surface area (Å²) in [6, 6.07) is 4.07. The summed E-state index contributed by atoms with van der Waals surface area (Å²) in [4.78, 5) is 9.92. The summed E-state index contributed by atoms with van der Waals surface area (Å²) < 4.78 is 0. The fraction of sp³-hybridized carbons (Fsp3) is 0.333. The lowest BCUT2D eigenvalue weighted by Gasteiger charge is -2.11. The first-order chi connectivity index (χ1) is 7.54. The number of benzene rings is 1. The fourth-order valence-electron chi connectivity index (χ4n) is 1.07. The Hall–Kier alpha value is -1.37. The van der Waals surface area contributed by atoms with Crippen molar-refractivity contribution in [3.63, 3.8) is 0 Å². The Morgan fingerprint density at radius 2 is 2.31 bits per heavy atom. The summed E-state index contributed by atoms with van der Waals surface area (Å²) in [7, 11) is 0. The number of nitro groups is 1. The van der Waals surface area contributed by atoms with Gasteiger partial charge in [-0.3, -0.25) is 10.1 Å². The number of nitro benzene ring substituents is 1. The van der Waals surface area contributed by atoms with Crippen LogP contribution in [0.3, 0.4) is 0 Å². The van der Waals surface area contributed by atoms with Crippen LogP contribution in [0.4, 0.5) is 11.4 Å². The third-order valence-electron chi connectivity index (χ3n) is 1.96. The normalized spacial score (nSPS) is 12.2. The van der Waals surface area contributed by atoms with E-state index in [1.165, 1.54) is 18.2 Å². The zero-order valence-electron chi connectivity index (χ0n) is 8.39. The number of nitrogens with two attached hydrogens (primary N) is 1. The van der Waals surface area contributed by atoms with Crippen LogP contribution in [0.15, 0.2) is 18.2 Å². The minimum Gasteiger partial charge on any atom is -0.390 e. The van der Waals surface area contributed by atoms with Crippen molar-refractivity contribution in [2.24, 2.45) is 5.73 Å². The van der Waals surface area contributed by atoms with Crippen LogP contribution in [0.2, 0.25) is 5.02 Å². The Balaban J connectivity index is 2.72. The number of aliphatic hydroxyl groups excluding tert-OH is 1. The predicted molar refractivity (Wildman–Crippen MR) is 61.7 cm³/mol. The highest BCUT2D eigenvalue weighted by Gasteiger charge is 2.09. The molecule has 0 radical (unpaired) electrons. The number of hydrogen-bond donors (Lipinski definition) is 3. The molecule has 16 heavy (non-hydrogen) atoms. The molecular formula is C9H12ClN3O3. The fourth-order valence-corrected chi connectivity index (χ4v) is 1.31. The zero-order chi connectivity index (χ0) is 12.1. The average Bonchev–Trinajstić information content (AvgIpc) is 2.26. The summed E-state index contributed by atoms with van der Waals surface area (Å²) in [5.41, 5.74) is 5.68. The average molecular weight is 246 g/mol. The molecule has 1 aromatic rings. The molecule has 0 aromatic heterocycles. The topological polar surface area (TPSA) is 101 Å². The maximum atomic E-state index is 10.4. The SMILES string of the molecule is NC[C@H](O)CNc1ccc([N+](=O)[O-])cc1Cl. The van der Waals surface area contributed by atoms with Crippen LogP contribution in [0.5, 0.6) is 0 Å². The molecule has 0 fully saturated rings. The van der Waals surface area contributed by atoms with E-state index in [0.717, 1.165) is 0 Å². The number of halogens is 1. The maximum Gasteiger partial charge on any atom is 0.271 e. The molecule has 0 aliphatic rings. The number of nitrogens with zero attached hydrogens (tertiary/aromatic N) is 1. The van der Waals surface area contributed by atoms with E-state index in [9.17, 15) is 15.2 Å². The van der Waals surface area contributed by atoms with Crippen LogP contribution in [-0.2, 0) is 0 Å². The molecule has 88 valence electrons. The van der Waals surface area contributed by atoms with Gasteiger partial charge < -0.3 is 16.2 Å². The molecule has 6 nitrogen and oxygen atoms in total. The monoisotopic (exact) mass is 245 g/mol. The van der Waals surface area contributed by atoms with E-state index in [4.69, 9.17) is 17.3 Å². The van der Waals surface area contributed by atoms with E-state index in [1.54, 1.807) is 0 Å². The van der Waals surface area contributed by atoms with Crippen LogP contribution >= 0.6 is 11.6 Å². The third kappa shape index (κ3) is 3.34. The van der Waals surface area contributed by atoms with Crippen molar-refractivity contribution >= 4 is 23.0 Å². The van der Waals surface area contributed by atoms with Crippen LogP contribution in [0.25, 0.3) is 0 Å². The van der Waals surface area contributed by atoms with Crippen molar-refractivity contribution in [2.75, 3.05) is 18.4 Å². The Morgan fingerprint density at radius 1 is 1.62 bits per heavy atom. The lowest BCUT2D eigenvalue weighted by molar-refractivity contribution is -0.384. The van der Waals surface area contributed by atoms with Gasteiger partial charge in [-0.05, 0) is 6.07 Å². The lowest BCUT2D eigenvalue weighted by atomic mass is 10.2. The van der Waals surface area contributed by atoms with Gasteiger partial charge in [0, 0.05) is 25.2 Å². The molecule has 0 aliphatic heterocycles. The molecule has 1 atom stereocenters. The Labute approximate surface area is 97.2 Å². The molecule has 0 heterocycles. The van der Waals surface area contributed by atoms with E-state index in [0.29, 0.717) is 5.69 Å². The standard InChI is InChI=1S/C9H12ClN3O3/c10-8-3-6(13(15)16)1-2-9(8)12-5-7(14)4-11/h1-3,7,12,14H,4-5,11H2/t7-/m0/s1. The van der Waals surface area contributed by atoms with E-state index >= 15 is 0 Å². The first-order valence-corrected chi connectivity index (χ1v) is 4.98. The summed E-state index contributed by atoms with van der Waals surface area (Å²) in [6.07, 6.45) is -0.675. The second kappa shape index (κ2) is 5.64. The van der Waals surface area contributed by atoms with Crippen molar-refractivity contribution in [1.29, 1.82) is 0 Å². The van der Waals surface area contributed by atoms with Crippen LogP contribution in [0, 0.1) is 10.1 Å². The Kier molecular flexibility index (Phi) is 4.48. The number of aliphatic hydroxyl groups is 1. The first-order valence-electron chi connectivity index (χ1n) is 4.60. The highest BCUT2D eigenvalue weighted by Crippen LogP contribution is 2.26. The third-order valence-corrected chi connectivity index (χ3v) is 2.28. The summed E-state index contributed by atoms with van der Waals surface area (Å²) in [5, 5.41) is 22.7. The molecule has 7 heteroatoms. The van der Waals surface area contributed by atoms with Crippen LogP contribution in [-0.4, -0.2) is 29.2 Å². The van der Waals surface area contributed by atoms with Gasteiger partial charge in [-0.2, -0.15) is 0 Å². The highest BCUT2D eigenvalue weighted by atomic mass is 35.5. The molecule has 1 rings (SSSR count). The second-order valence-corrected chi connectivity index (χ2v) is 3.60. The number of nitrogens with one attached hydrogen (secondary N) is 1. The van der Waals surface area contributed by atoms with Gasteiger partial charge in [0.2, 0.25) is 0 Å². The van der Waals surface area contributed by atoms with Gasteiger partial charge in [0.05, 0.1) is 21.7 Å². The van der Waals surface area contributed by atoms with Gasteiger partial charge in [-0.1, -0.05) is 11.6 Å². The van der Waals surface area contributed by atoms with Crippen molar-refractivity contribution in [3.05, 3.63) is 33.3 Å². The molecule has 0 unspecified atom stereocenters.